The lowest BCUT2D eigenvalue weighted by Gasteiger charge is -2.39. The summed E-state index contributed by atoms with van der Waals surface area (Å²) in [4.78, 5) is 8.90. The van der Waals surface area contributed by atoms with Gasteiger partial charge in [0.1, 0.15) is 4.75 Å². The molecule has 1 spiro atoms. The number of carboxylic acid groups (broad SMARTS) is 1. The molecule has 0 aromatic carbocycles. The fourth-order valence-corrected chi connectivity index (χ4v) is 3.90. The van der Waals surface area contributed by atoms with E-state index in [1.54, 1.807) is 0 Å². The van der Waals surface area contributed by atoms with E-state index in [9.17, 15) is 17.7 Å². The molecule has 0 amide bonds. The number of halogens is 3. The molecular formula is C15H27F3N2O4S. The standard InChI is InChI=1S/C13H26N2O2S.C2HF3O2/c1-10-11(15-18(16)12(2,3)4)13(9-17-10)5-7-14-8-6-13;3-2(4,5)1(6)7/h10-11,14-15H,5-9H2,1-4H3;(H,6,7)/t10-,11+,18?;/m0./s1. The molecule has 2 heterocycles. The van der Waals surface area contributed by atoms with Gasteiger partial charge in [-0.15, -0.1) is 4.72 Å². The van der Waals surface area contributed by atoms with Crippen molar-refractivity contribution >= 4 is 17.3 Å². The molecule has 2 rings (SSSR count). The Balaban J connectivity index is 0.000000381. The average molecular weight is 388 g/mol. The molecule has 0 aromatic heterocycles. The van der Waals surface area contributed by atoms with E-state index in [-0.39, 0.29) is 22.3 Å². The van der Waals surface area contributed by atoms with Crippen molar-refractivity contribution < 1.29 is 32.4 Å². The minimum Gasteiger partial charge on any atom is -0.598 e. The molecule has 6 nitrogen and oxygen atoms in total. The zero-order valence-electron chi connectivity index (χ0n) is 14.9. The molecule has 0 aliphatic carbocycles. The minimum atomic E-state index is -5.08. The lowest BCUT2D eigenvalue weighted by molar-refractivity contribution is -0.192. The van der Waals surface area contributed by atoms with Crippen molar-refractivity contribution in [2.45, 2.75) is 63.6 Å². The van der Waals surface area contributed by atoms with Crippen LogP contribution in [0.2, 0.25) is 0 Å². The fraction of sp³-hybridized carbons (Fsp3) is 0.933. The van der Waals surface area contributed by atoms with E-state index in [0.29, 0.717) is 0 Å². The highest BCUT2D eigenvalue weighted by Crippen LogP contribution is 2.41. The van der Waals surface area contributed by atoms with Gasteiger partial charge in [-0.2, -0.15) is 13.2 Å². The maximum absolute atomic E-state index is 12.3. The van der Waals surface area contributed by atoms with E-state index in [1.165, 1.54) is 0 Å². The van der Waals surface area contributed by atoms with Crippen molar-refractivity contribution in [2.24, 2.45) is 5.41 Å². The molecule has 0 radical (unpaired) electrons. The third-order valence-corrected chi connectivity index (χ3v) is 5.98. The summed E-state index contributed by atoms with van der Waals surface area (Å²) in [5, 5.41) is 10.5. The number of aliphatic carboxylic acids is 1. The third kappa shape index (κ3) is 6.28. The topological polar surface area (TPSA) is 93.6 Å². The second kappa shape index (κ2) is 8.43. The molecule has 2 saturated heterocycles. The smallest absolute Gasteiger partial charge is 0.490 e. The minimum absolute atomic E-state index is 0.148. The molecular weight excluding hydrogens is 361 g/mol. The maximum Gasteiger partial charge on any atom is 0.490 e. The molecule has 2 aliphatic rings. The van der Waals surface area contributed by atoms with Crippen LogP contribution in [0, 0.1) is 5.41 Å². The molecule has 25 heavy (non-hydrogen) atoms. The van der Waals surface area contributed by atoms with Crippen LogP contribution in [0.15, 0.2) is 0 Å². The summed E-state index contributed by atoms with van der Waals surface area (Å²) in [6.45, 7) is 11.0. The molecule has 0 bridgehead atoms. The van der Waals surface area contributed by atoms with Crippen LogP contribution < -0.4 is 10.0 Å². The summed E-state index contributed by atoms with van der Waals surface area (Å²) >= 11 is -1.03. The fourth-order valence-electron chi connectivity index (χ4n) is 2.87. The van der Waals surface area contributed by atoms with Crippen molar-refractivity contribution in [1.82, 2.24) is 10.0 Å². The summed E-state index contributed by atoms with van der Waals surface area (Å²) < 4.78 is 53.0. The average Bonchev–Trinajstić information content (AvgIpc) is 2.76. The number of carbonyl (C=O) groups is 1. The number of piperidine rings is 1. The van der Waals surface area contributed by atoms with Gasteiger partial charge in [-0.05, 0) is 53.6 Å². The number of hydrogen-bond acceptors (Lipinski definition) is 5. The molecule has 148 valence electrons. The molecule has 2 fully saturated rings. The van der Waals surface area contributed by atoms with Gasteiger partial charge < -0.3 is 19.7 Å². The Morgan fingerprint density at radius 2 is 1.80 bits per heavy atom. The largest absolute Gasteiger partial charge is 0.598 e. The van der Waals surface area contributed by atoms with Crippen LogP contribution in [0.25, 0.3) is 0 Å². The van der Waals surface area contributed by atoms with Gasteiger partial charge in [0.15, 0.2) is 0 Å². The first kappa shape index (κ1) is 22.5. The van der Waals surface area contributed by atoms with E-state index >= 15 is 0 Å². The summed E-state index contributed by atoms with van der Waals surface area (Å²) in [7, 11) is 0. The molecule has 0 saturated carbocycles. The van der Waals surface area contributed by atoms with Crippen LogP contribution in [-0.4, -0.2) is 58.4 Å². The Morgan fingerprint density at radius 1 is 1.32 bits per heavy atom. The van der Waals surface area contributed by atoms with Crippen molar-refractivity contribution in [3.05, 3.63) is 0 Å². The van der Waals surface area contributed by atoms with Gasteiger partial charge in [-0.25, -0.2) is 4.79 Å². The van der Waals surface area contributed by atoms with E-state index in [4.69, 9.17) is 14.6 Å². The first-order valence-corrected chi connectivity index (χ1v) is 9.25. The van der Waals surface area contributed by atoms with Crippen LogP contribution in [0.4, 0.5) is 13.2 Å². The van der Waals surface area contributed by atoms with Crippen molar-refractivity contribution in [3.8, 4) is 0 Å². The van der Waals surface area contributed by atoms with Crippen LogP contribution in [0.5, 0.6) is 0 Å². The van der Waals surface area contributed by atoms with Gasteiger partial charge in [0.05, 0.1) is 18.8 Å². The summed E-state index contributed by atoms with van der Waals surface area (Å²) in [5.41, 5.74) is 0.172. The Labute approximate surface area is 149 Å². The molecule has 10 heteroatoms. The number of alkyl halides is 3. The highest BCUT2D eigenvalue weighted by molar-refractivity contribution is 7.90. The summed E-state index contributed by atoms with van der Waals surface area (Å²) in [5.74, 6) is -2.76. The zero-order valence-corrected chi connectivity index (χ0v) is 15.7. The monoisotopic (exact) mass is 388 g/mol. The maximum atomic E-state index is 12.3. The lowest BCUT2D eigenvalue weighted by atomic mass is 9.74. The first-order valence-electron chi connectivity index (χ1n) is 8.10. The number of hydrogen-bond donors (Lipinski definition) is 3. The van der Waals surface area contributed by atoms with Crippen LogP contribution >= 0.6 is 0 Å². The highest BCUT2D eigenvalue weighted by Gasteiger charge is 2.51. The number of carboxylic acids is 1. The molecule has 3 N–H and O–H groups in total. The molecule has 3 atom stereocenters. The Morgan fingerprint density at radius 3 is 2.20 bits per heavy atom. The summed E-state index contributed by atoms with van der Waals surface area (Å²) in [6, 6.07) is 0.208. The van der Waals surface area contributed by atoms with E-state index < -0.39 is 23.5 Å². The van der Waals surface area contributed by atoms with Gasteiger partial charge in [0.2, 0.25) is 0 Å². The highest BCUT2D eigenvalue weighted by atomic mass is 32.2. The molecule has 2 aliphatic heterocycles. The van der Waals surface area contributed by atoms with Gasteiger partial charge in [0.25, 0.3) is 0 Å². The Kier molecular flexibility index (Phi) is 7.58. The van der Waals surface area contributed by atoms with Crippen LogP contribution in [-0.2, 0) is 20.9 Å². The SMILES string of the molecule is C[C@@H]1OCC2(CCNCC2)[C@@H]1N[S+]([O-])C(C)(C)C.O=C(O)C(F)(F)F. The van der Waals surface area contributed by atoms with Gasteiger partial charge >= 0.3 is 12.1 Å². The quantitative estimate of drug-likeness (QED) is 0.625. The number of rotatable bonds is 2. The zero-order chi connectivity index (χ0) is 19.5. The Hall–Kier alpha value is -0.550. The number of ether oxygens (including phenoxy) is 1. The molecule has 0 aromatic rings. The van der Waals surface area contributed by atoms with Crippen molar-refractivity contribution in [3.63, 3.8) is 0 Å². The number of nitrogens with one attached hydrogen (secondary N) is 2. The second-order valence-corrected chi connectivity index (χ2v) is 9.41. The normalized spacial score (nSPS) is 27.5. The lowest BCUT2D eigenvalue weighted by Crippen LogP contribution is -2.56. The van der Waals surface area contributed by atoms with Crippen molar-refractivity contribution in [1.29, 1.82) is 0 Å². The second-order valence-electron chi connectivity index (χ2n) is 7.41. The Bertz CT molecular complexity index is 446. The predicted octanol–water partition coefficient (Wildman–Crippen LogP) is 1.83. The third-order valence-electron chi connectivity index (χ3n) is 4.39. The molecule has 1 unspecified atom stereocenters. The van der Waals surface area contributed by atoms with Crippen molar-refractivity contribution in [2.75, 3.05) is 19.7 Å². The van der Waals surface area contributed by atoms with Gasteiger partial charge in [0, 0.05) is 16.8 Å². The van der Waals surface area contributed by atoms with Gasteiger partial charge in [-0.1, -0.05) is 0 Å². The van der Waals surface area contributed by atoms with Gasteiger partial charge in [-0.3, -0.25) is 0 Å². The summed E-state index contributed by atoms with van der Waals surface area (Å²) in [6.07, 6.45) is -2.72. The van der Waals surface area contributed by atoms with Crippen LogP contribution in [0.1, 0.15) is 40.5 Å². The van der Waals surface area contributed by atoms with E-state index in [1.807, 2.05) is 20.8 Å². The van der Waals surface area contributed by atoms with E-state index in [0.717, 1.165) is 32.5 Å². The first-order chi connectivity index (χ1) is 11.3. The van der Waals surface area contributed by atoms with E-state index in [2.05, 4.69) is 17.0 Å². The predicted molar refractivity (Wildman–Crippen MR) is 88.5 cm³/mol. The van der Waals surface area contributed by atoms with Crippen LogP contribution in [0.3, 0.4) is 0 Å².